The highest BCUT2D eigenvalue weighted by Gasteiger charge is 2.22. The van der Waals surface area contributed by atoms with Crippen LogP contribution in [0, 0.1) is 0 Å². The van der Waals surface area contributed by atoms with Gasteiger partial charge in [0.05, 0.1) is 6.61 Å². The third kappa shape index (κ3) is 7.02. The number of nitrogens with one attached hydrogen (secondary N) is 1. The SMILES string of the molecule is COC[C@@H](ONC(=O)OC(C)(C)C)C(=O)O. The van der Waals surface area contributed by atoms with E-state index < -0.39 is 23.8 Å². The van der Waals surface area contributed by atoms with Crippen molar-refractivity contribution in [2.75, 3.05) is 13.7 Å². The molecular formula is C9H17NO6. The van der Waals surface area contributed by atoms with Gasteiger partial charge in [-0.15, -0.1) is 0 Å². The molecule has 0 saturated carbocycles. The Kier molecular flexibility index (Phi) is 5.76. The minimum Gasteiger partial charge on any atom is -0.479 e. The summed E-state index contributed by atoms with van der Waals surface area (Å²) in [5.74, 6) is -1.24. The third-order valence-electron chi connectivity index (χ3n) is 1.28. The molecule has 0 fully saturated rings. The molecule has 0 unspecified atom stereocenters. The van der Waals surface area contributed by atoms with Gasteiger partial charge in [0, 0.05) is 7.11 Å². The summed E-state index contributed by atoms with van der Waals surface area (Å²) in [6.45, 7) is 4.86. The van der Waals surface area contributed by atoms with Crippen LogP contribution in [-0.4, -0.2) is 42.6 Å². The number of hydroxylamine groups is 1. The summed E-state index contributed by atoms with van der Waals surface area (Å²) in [5.41, 5.74) is 1.21. The number of carbonyl (C=O) groups excluding carboxylic acids is 1. The molecule has 2 N–H and O–H groups in total. The van der Waals surface area contributed by atoms with Gasteiger partial charge in [-0.25, -0.2) is 9.59 Å². The van der Waals surface area contributed by atoms with Crippen LogP contribution in [0.3, 0.4) is 0 Å². The lowest BCUT2D eigenvalue weighted by atomic mass is 10.2. The first-order valence-electron chi connectivity index (χ1n) is 4.62. The van der Waals surface area contributed by atoms with Gasteiger partial charge in [0.2, 0.25) is 6.10 Å². The Morgan fingerprint density at radius 1 is 1.38 bits per heavy atom. The van der Waals surface area contributed by atoms with Crippen LogP contribution < -0.4 is 5.48 Å². The predicted molar refractivity (Wildman–Crippen MR) is 53.8 cm³/mol. The van der Waals surface area contributed by atoms with Crippen molar-refractivity contribution < 1.29 is 29.0 Å². The van der Waals surface area contributed by atoms with E-state index in [-0.39, 0.29) is 6.61 Å². The molecule has 0 aliphatic heterocycles. The fourth-order valence-corrected chi connectivity index (χ4v) is 0.725. The van der Waals surface area contributed by atoms with Crippen molar-refractivity contribution in [3.05, 3.63) is 0 Å². The first kappa shape index (κ1) is 14.7. The lowest BCUT2D eigenvalue weighted by molar-refractivity contribution is -0.159. The topological polar surface area (TPSA) is 94.1 Å². The number of carbonyl (C=O) groups is 2. The molecule has 0 saturated heterocycles. The van der Waals surface area contributed by atoms with E-state index in [1.807, 2.05) is 5.48 Å². The van der Waals surface area contributed by atoms with Gasteiger partial charge in [0.25, 0.3) is 0 Å². The molecule has 1 amide bonds. The van der Waals surface area contributed by atoms with E-state index in [0.717, 1.165) is 0 Å². The van der Waals surface area contributed by atoms with E-state index in [4.69, 9.17) is 9.84 Å². The second-order valence-electron chi connectivity index (χ2n) is 4.00. The van der Waals surface area contributed by atoms with Crippen LogP contribution in [0.25, 0.3) is 0 Å². The summed E-state index contributed by atoms with van der Waals surface area (Å²) < 4.78 is 9.44. The molecule has 0 aliphatic rings. The number of rotatable bonds is 5. The Morgan fingerprint density at radius 2 is 1.94 bits per heavy atom. The summed E-state index contributed by atoms with van der Waals surface area (Å²) in [6.07, 6.45) is -2.12. The Labute approximate surface area is 93.6 Å². The van der Waals surface area contributed by atoms with E-state index in [0.29, 0.717) is 0 Å². The summed E-state index contributed by atoms with van der Waals surface area (Å²) in [4.78, 5) is 26.3. The molecule has 16 heavy (non-hydrogen) atoms. The van der Waals surface area contributed by atoms with Gasteiger partial charge in [-0.3, -0.25) is 4.84 Å². The average molecular weight is 235 g/mol. The normalized spacial score (nSPS) is 13.0. The van der Waals surface area contributed by atoms with Gasteiger partial charge in [-0.05, 0) is 20.8 Å². The zero-order valence-corrected chi connectivity index (χ0v) is 9.77. The molecule has 0 bridgehead atoms. The second kappa shape index (κ2) is 6.29. The van der Waals surface area contributed by atoms with E-state index in [1.54, 1.807) is 20.8 Å². The van der Waals surface area contributed by atoms with E-state index in [1.165, 1.54) is 7.11 Å². The molecule has 0 aliphatic carbocycles. The summed E-state index contributed by atoms with van der Waals surface area (Å²) in [6, 6.07) is 0. The third-order valence-corrected chi connectivity index (χ3v) is 1.28. The molecule has 7 nitrogen and oxygen atoms in total. The molecule has 0 aromatic rings. The number of hydrogen-bond acceptors (Lipinski definition) is 5. The Balaban J connectivity index is 4.01. The smallest absolute Gasteiger partial charge is 0.431 e. The minimum atomic E-state index is -1.27. The van der Waals surface area contributed by atoms with Crippen molar-refractivity contribution >= 4 is 12.1 Å². The van der Waals surface area contributed by atoms with Crippen LogP contribution >= 0.6 is 0 Å². The van der Waals surface area contributed by atoms with Crippen molar-refractivity contribution in [1.29, 1.82) is 0 Å². The first-order chi connectivity index (χ1) is 7.26. The highest BCUT2D eigenvalue weighted by molar-refractivity contribution is 5.73. The van der Waals surface area contributed by atoms with Gasteiger partial charge in [0.15, 0.2) is 0 Å². The zero-order valence-electron chi connectivity index (χ0n) is 9.77. The monoisotopic (exact) mass is 235 g/mol. The van der Waals surface area contributed by atoms with Gasteiger partial charge in [-0.1, -0.05) is 0 Å². The van der Waals surface area contributed by atoms with Crippen molar-refractivity contribution in [2.45, 2.75) is 32.5 Å². The summed E-state index contributed by atoms with van der Waals surface area (Å²) in [5, 5.41) is 8.65. The highest BCUT2D eigenvalue weighted by Crippen LogP contribution is 2.06. The number of ether oxygens (including phenoxy) is 2. The Morgan fingerprint density at radius 3 is 2.31 bits per heavy atom. The summed E-state index contributed by atoms with van der Waals surface area (Å²) in [7, 11) is 1.33. The molecule has 94 valence electrons. The number of hydrogen-bond donors (Lipinski definition) is 2. The largest absolute Gasteiger partial charge is 0.479 e. The van der Waals surface area contributed by atoms with Crippen molar-refractivity contribution in [3.8, 4) is 0 Å². The molecule has 7 heteroatoms. The molecular weight excluding hydrogens is 218 g/mol. The zero-order chi connectivity index (χ0) is 12.8. The molecule has 0 aromatic carbocycles. The number of carboxylic acid groups (broad SMARTS) is 1. The fraction of sp³-hybridized carbons (Fsp3) is 0.778. The number of methoxy groups -OCH3 is 1. The second-order valence-corrected chi connectivity index (χ2v) is 4.00. The molecule has 0 heterocycles. The maximum absolute atomic E-state index is 11.1. The van der Waals surface area contributed by atoms with E-state index >= 15 is 0 Å². The quantitative estimate of drug-likeness (QED) is 0.675. The predicted octanol–water partition coefficient (Wildman–Crippen LogP) is 0.542. The van der Waals surface area contributed by atoms with Crippen LogP contribution in [-0.2, 0) is 19.1 Å². The molecule has 0 rings (SSSR count). The van der Waals surface area contributed by atoms with Crippen LogP contribution in [0.1, 0.15) is 20.8 Å². The van der Waals surface area contributed by atoms with Crippen LogP contribution in [0.5, 0.6) is 0 Å². The minimum absolute atomic E-state index is 0.175. The van der Waals surface area contributed by atoms with Gasteiger partial charge >= 0.3 is 12.1 Å². The summed E-state index contributed by atoms with van der Waals surface area (Å²) >= 11 is 0. The number of carboxylic acids is 1. The molecule has 0 radical (unpaired) electrons. The standard InChI is InChI=1S/C9H17NO6/c1-9(2,3)15-8(13)10-16-6(5-14-4)7(11)12/h6H,5H2,1-4H3,(H,10,13)(H,11,12)/t6-/m1/s1. The maximum atomic E-state index is 11.1. The van der Waals surface area contributed by atoms with Crippen molar-refractivity contribution in [3.63, 3.8) is 0 Å². The number of aliphatic carboxylic acids is 1. The molecule has 0 aromatic heterocycles. The highest BCUT2D eigenvalue weighted by atomic mass is 16.7. The van der Waals surface area contributed by atoms with Crippen LogP contribution in [0.4, 0.5) is 4.79 Å². The number of amides is 1. The van der Waals surface area contributed by atoms with Crippen LogP contribution in [0.2, 0.25) is 0 Å². The fourth-order valence-electron chi connectivity index (χ4n) is 0.725. The lowest BCUT2D eigenvalue weighted by Crippen LogP contribution is -2.39. The Hall–Kier alpha value is -1.34. The van der Waals surface area contributed by atoms with Gasteiger partial charge in [-0.2, -0.15) is 5.48 Å². The van der Waals surface area contributed by atoms with E-state index in [9.17, 15) is 9.59 Å². The van der Waals surface area contributed by atoms with Crippen LogP contribution in [0.15, 0.2) is 0 Å². The van der Waals surface area contributed by atoms with Gasteiger partial charge < -0.3 is 14.6 Å². The Bertz CT molecular complexity index is 247. The maximum Gasteiger partial charge on any atom is 0.431 e. The van der Waals surface area contributed by atoms with Crippen molar-refractivity contribution in [1.82, 2.24) is 5.48 Å². The van der Waals surface area contributed by atoms with E-state index in [2.05, 4.69) is 9.57 Å². The van der Waals surface area contributed by atoms with Gasteiger partial charge in [0.1, 0.15) is 5.60 Å². The molecule has 1 atom stereocenters. The van der Waals surface area contributed by atoms with Crippen molar-refractivity contribution in [2.24, 2.45) is 0 Å². The lowest BCUT2D eigenvalue weighted by Gasteiger charge is -2.20. The molecule has 0 spiro atoms. The first-order valence-corrected chi connectivity index (χ1v) is 4.62. The average Bonchev–Trinajstić information content (AvgIpc) is 2.08.